The van der Waals surface area contributed by atoms with Crippen LogP contribution in [0.25, 0.3) is 22.3 Å². The summed E-state index contributed by atoms with van der Waals surface area (Å²) in [6, 6.07) is 8.10. The summed E-state index contributed by atoms with van der Waals surface area (Å²) in [4.78, 5) is 24.0. The van der Waals surface area contributed by atoms with Gasteiger partial charge in [-0.05, 0) is 38.3 Å². The second-order valence-corrected chi connectivity index (χ2v) is 8.35. The molecule has 3 aromatic rings. The molecule has 154 valence electrons. The van der Waals surface area contributed by atoms with E-state index in [0.29, 0.717) is 31.2 Å². The van der Waals surface area contributed by atoms with Crippen LogP contribution in [-0.2, 0) is 11.2 Å². The van der Waals surface area contributed by atoms with E-state index < -0.39 is 5.60 Å². The highest BCUT2D eigenvalue weighted by atomic mass is 16.6. The lowest BCUT2D eigenvalue weighted by Crippen LogP contribution is -2.50. The van der Waals surface area contributed by atoms with Gasteiger partial charge in [0.1, 0.15) is 5.60 Å². The van der Waals surface area contributed by atoms with Crippen LogP contribution in [0.1, 0.15) is 26.7 Å². The van der Waals surface area contributed by atoms with Gasteiger partial charge in [0.05, 0.1) is 0 Å². The van der Waals surface area contributed by atoms with Crippen LogP contribution in [-0.4, -0.2) is 69.3 Å². The van der Waals surface area contributed by atoms with Gasteiger partial charge in [-0.2, -0.15) is 4.98 Å². The first kappa shape index (κ1) is 19.4. The third-order valence-corrected chi connectivity index (χ3v) is 4.95. The maximum atomic E-state index is 12.2. The molecule has 1 N–H and O–H groups in total. The van der Waals surface area contributed by atoms with Crippen LogP contribution in [0.15, 0.2) is 35.0 Å². The molecule has 1 amide bonds. The zero-order chi connectivity index (χ0) is 20.4. The van der Waals surface area contributed by atoms with Crippen molar-refractivity contribution in [2.75, 3.05) is 32.7 Å². The Morgan fingerprint density at radius 2 is 2.00 bits per heavy atom. The average molecular weight is 397 g/mol. The van der Waals surface area contributed by atoms with Gasteiger partial charge in [-0.25, -0.2) is 4.79 Å². The number of aromatic nitrogens is 3. The smallest absolute Gasteiger partial charge is 0.410 e. The van der Waals surface area contributed by atoms with Crippen LogP contribution in [0, 0.1) is 0 Å². The zero-order valence-corrected chi connectivity index (χ0v) is 17.1. The molecule has 0 radical (unpaired) electrons. The molecule has 1 fully saturated rings. The summed E-state index contributed by atoms with van der Waals surface area (Å²) >= 11 is 0. The first-order valence-corrected chi connectivity index (χ1v) is 9.98. The molecule has 0 spiro atoms. The number of carbonyl (C=O) groups is 1. The van der Waals surface area contributed by atoms with Crippen molar-refractivity contribution in [3.05, 3.63) is 36.4 Å². The van der Waals surface area contributed by atoms with Crippen LogP contribution in [0.2, 0.25) is 0 Å². The van der Waals surface area contributed by atoms with Crippen LogP contribution in [0.4, 0.5) is 4.79 Å². The largest absolute Gasteiger partial charge is 0.444 e. The van der Waals surface area contributed by atoms with E-state index in [1.54, 1.807) is 4.90 Å². The maximum Gasteiger partial charge on any atom is 0.410 e. The highest BCUT2D eigenvalue weighted by molar-refractivity contribution is 5.83. The molecule has 8 nitrogen and oxygen atoms in total. The fraction of sp³-hybridized carbons (Fsp3) is 0.476. The molecule has 1 aromatic carbocycles. The molecule has 8 heteroatoms. The number of rotatable bonds is 4. The molecule has 0 aliphatic carbocycles. The number of amides is 1. The Morgan fingerprint density at radius 3 is 2.76 bits per heavy atom. The van der Waals surface area contributed by atoms with E-state index in [9.17, 15) is 4.79 Å². The van der Waals surface area contributed by atoms with Gasteiger partial charge in [-0.3, -0.25) is 4.90 Å². The second-order valence-electron chi connectivity index (χ2n) is 8.35. The summed E-state index contributed by atoms with van der Waals surface area (Å²) in [6.45, 7) is 9.43. The average Bonchev–Trinajstić information content (AvgIpc) is 3.34. The van der Waals surface area contributed by atoms with E-state index in [1.807, 2.05) is 51.2 Å². The SMILES string of the molecule is CC(C)(C)OC(=O)N1CCN(CCc2nc(-c3ccc4cc[nH]c4c3)no2)CC1. The Kier molecular flexibility index (Phi) is 5.27. The summed E-state index contributed by atoms with van der Waals surface area (Å²) in [6.07, 6.45) is 2.36. The number of H-pyrrole nitrogens is 1. The zero-order valence-electron chi connectivity index (χ0n) is 17.1. The Balaban J connectivity index is 1.28. The third kappa shape index (κ3) is 4.76. The minimum Gasteiger partial charge on any atom is -0.444 e. The molecular weight excluding hydrogens is 370 g/mol. The van der Waals surface area contributed by atoms with Crippen molar-refractivity contribution in [2.45, 2.75) is 32.8 Å². The topological polar surface area (TPSA) is 87.5 Å². The number of nitrogens with one attached hydrogen (secondary N) is 1. The van der Waals surface area contributed by atoms with Crippen molar-refractivity contribution in [1.82, 2.24) is 24.9 Å². The minimum absolute atomic E-state index is 0.238. The number of piperazine rings is 1. The molecule has 4 rings (SSSR count). The Morgan fingerprint density at radius 1 is 1.21 bits per heavy atom. The highest BCUT2D eigenvalue weighted by Gasteiger charge is 2.25. The Hall–Kier alpha value is -2.87. The van der Waals surface area contributed by atoms with E-state index in [0.717, 1.165) is 36.1 Å². The first-order chi connectivity index (χ1) is 13.9. The molecule has 1 saturated heterocycles. The first-order valence-electron chi connectivity index (χ1n) is 9.98. The summed E-state index contributed by atoms with van der Waals surface area (Å²) in [5.74, 6) is 1.23. The normalized spacial score (nSPS) is 15.8. The van der Waals surface area contributed by atoms with E-state index in [-0.39, 0.29) is 6.09 Å². The number of hydrogen-bond donors (Lipinski definition) is 1. The van der Waals surface area contributed by atoms with Crippen molar-refractivity contribution in [1.29, 1.82) is 0 Å². The van der Waals surface area contributed by atoms with Gasteiger partial charge in [0.25, 0.3) is 0 Å². The van der Waals surface area contributed by atoms with Gasteiger partial charge in [-0.1, -0.05) is 17.3 Å². The van der Waals surface area contributed by atoms with Crippen LogP contribution >= 0.6 is 0 Å². The van der Waals surface area contributed by atoms with Gasteiger partial charge >= 0.3 is 6.09 Å². The van der Waals surface area contributed by atoms with Crippen molar-refractivity contribution < 1.29 is 14.1 Å². The minimum atomic E-state index is -0.463. The molecule has 0 saturated carbocycles. The summed E-state index contributed by atoms with van der Waals surface area (Å²) < 4.78 is 10.9. The lowest BCUT2D eigenvalue weighted by atomic mass is 10.1. The van der Waals surface area contributed by atoms with Gasteiger partial charge in [0.15, 0.2) is 0 Å². The van der Waals surface area contributed by atoms with Gasteiger partial charge in [-0.15, -0.1) is 0 Å². The fourth-order valence-electron chi connectivity index (χ4n) is 3.39. The lowest BCUT2D eigenvalue weighted by molar-refractivity contribution is 0.0144. The van der Waals surface area contributed by atoms with E-state index in [4.69, 9.17) is 9.26 Å². The van der Waals surface area contributed by atoms with Gasteiger partial charge < -0.3 is 19.1 Å². The van der Waals surface area contributed by atoms with Crippen molar-refractivity contribution in [3.63, 3.8) is 0 Å². The monoisotopic (exact) mass is 397 g/mol. The Labute approximate surface area is 169 Å². The van der Waals surface area contributed by atoms with E-state index >= 15 is 0 Å². The summed E-state index contributed by atoms with van der Waals surface area (Å²) in [7, 11) is 0. The van der Waals surface area contributed by atoms with Crippen LogP contribution < -0.4 is 0 Å². The highest BCUT2D eigenvalue weighted by Crippen LogP contribution is 2.21. The second kappa shape index (κ2) is 7.87. The quantitative estimate of drug-likeness (QED) is 0.727. The lowest BCUT2D eigenvalue weighted by Gasteiger charge is -2.35. The Bertz CT molecular complexity index is 980. The predicted octanol–water partition coefficient (Wildman–Crippen LogP) is 3.31. The standard InChI is InChI=1S/C21H27N5O3/c1-21(2,3)28-20(27)26-12-10-25(11-13-26)9-7-18-23-19(24-29-18)16-5-4-15-6-8-22-17(15)14-16/h4-6,8,14,22H,7,9-13H2,1-3H3. The number of hydrogen-bond acceptors (Lipinski definition) is 6. The maximum absolute atomic E-state index is 12.2. The van der Waals surface area contributed by atoms with Crippen molar-refractivity contribution in [2.24, 2.45) is 0 Å². The number of fused-ring (bicyclic) bond motifs is 1. The molecule has 3 heterocycles. The van der Waals surface area contributed by atoms with Crippen molar-refractivity contribution >= 4 is 17.0 Å². The fourth-order valence-corrected chi connectivity index (χ4v) is 3.39. The summed E-state index contributed by atoms with van der Waals surface area (Å²) in [5, 5.41) is 5.28. The molecule has 0 unspecified atom stereocenters. The van der Waals surface area contributed by atoms with Gasteiger partial charge in [0, 0.05) is 56.4 Å². The molecule has 29 heavy (non-hydrogen) atoms. The van der Waals surface area contributed by atoms with Gasteiger partial charge in [0.2, 0.25) is 11.7 Å². The molecule has 1 aliphatic heterocycles. The number of aromatic amines is 1. The molecule has 0 bridgehead atoms. The summed E-state index contributed by atoms with van der Waals surface area (Å²) in [5.41, 5.74) is 1.52. The molecular formula is C21H27N5O3. The van der Waals surface area contributed by atoms with Crippen LogP contribution in [0.3, 0.4) is 0 Å². The number of nitrogens with zero attached hydrogens (tertiary/aromatic N) is 4. The molecule has 2 aromatic heterocycles. The molecule has 0 atom stereocenters. The third-order valence-electron chi connectivity index (χ3n) is 4.95. The van der Waals surface area contributed by atoms with Crippen LogP contribution in [0.5, 0.6) is 0 Å². The molecule has 1 aliphatic rings. The predicted molar refractivity (Wildman–Crippen MR) is 110 cm³/mol. The van der Waals surface area contributed by atoms with E-state index in [1.165, 1.54) is 0 Å². The number of benzene rings is 1. The van der Waals surface area contributed by atoms with Crippen molar-refractivity contribution in [3.8, 4) is 11.4 Å². The van der Waals surface area contributed by atoms with E-state index in [2.05, 4.69) is 20.0 Å². The number of ether oxygens (including phenoxy) is 1. The number of carbonyl (C=O) groups excluding carboxylic acids is 1.